The first kappa shape index (κ1) is 15.2. The third kappa shape index (κ3) is 3.48. The number of aryl methyl sites for hydroxylation is 3. The molecule has 2 N–H and O–H groups in total. The van der Waals surface area contributed by atoms with Crippen LogP contribution in [0.2, 0.25) is 0 Å². The lowest BCUT2D eigenvalue weighted by Gasteiger charge is -2.05. The predicted octanol–water partition coefficient (Wildman–Crippen LogP) is 1.41. The van der Waals surface area contributed by atoms with Crippen LogP contribution in [0.3, 0.4) is 0 Å². The molecule has 2 aromatic heterocycles. The molecule has 0 aliphatic carbocycles. The minimum atomic E-state index is -1.14. The third-order valence-corrected chi connectivity index (χ3v) is 3.65. The van der Waals surface area contributed by atoms with Crippen molar-refractivity contribution in [1.29, 1.82) is 0 Å². The minimum Gasteiger partial charge on any atom is -0.476 e. The molecule has 0 unspecified atom stereocenters. The largest absolute Gasteiger partial charge is 0.476 e. The van der Waals surface area contributed by atoms with Crippen molar-refractivity contribution in [1.82, 2.24) is 19.6 Å². The molecule has 112 valence electrons. The second kappa shape index (κ2) is 6.08. The number of hydrogen-bond donors (Lipinski definition) is 2. The van der Waals surface area contributed by atoms with E-state index in [2.05, 4.69) is 31.4 Å². The Hall–Kier alpha value is -2.16. The molecule has 0 atom stereocenters. The number of carboxylic acids is 1. The van der Waals surface area contributed by atoms with Crippen molar-refractivity contribution in [3.8, 4) is 0 Å². The molecule has 2 heterocycles. The molecule has 0 saturated carbocycles. The van der Waals surface area contributed by atoms with Gasteiger partial charge in [-0.2, -0.15) is 10.2 Å². The first-order valence-corrected chi connectivity index (χ1v) is 6.92. The van der Waals surface area contributed by atoms with Gasteiger partial charge in [0.2, 0.25) is 5.91 Å². The maximum atomic E-state index is 11.9. The molecule has 2 rings (SSSR count). The fraction of sp³-hybridized carbons (Fsp3) is 0.333. The number of rotatable bonds is 5. The van der Waals surface area contributed by atoms with Gasteiger partial charge in [0.15, 0.2) is 5.69 Å². The smallest absolute Gasteiger partial charge is 0.356 e. The lowest BCUT2D eigenvalue weighted by molar-refractivity contribution is -0.116. The number of hydrogen-bond acceptors (Lipinski definition) is 4. The van der Waals surface area contributed by atoms with Crippen LogP contribution in [0.5, 0.6) is 0 Å². The van der Waals surface area contributed by atoms with Crippen molar-refractivity contribution in [3.63, 3.8) is 0 Å². The summed E-state index contributed by atoms with van der Waals surface area (Å²) < 4.78 is 3.73. The molecule has 1 amide bonds. The molecule has 0 spiro atoms. The lowest BCUT2D eigenvalue weighted by Crippen LogP contribution is -2.17. The molecule has 8 nitrogen and oxygen atoms in total. The number of nitrogens with one attached hydrogen (secondary N) is 1. The molecule has 0 radical (unpaired) electrons. The van der Waals surface area contributed by atoms with Gasteiger partial charge in [-0.15, -0.1) is 0 Å². The molecule has 0 fully saturated rings. The Kier molecular flexibility index (Phi) is 4.41. The van der Waals surface area contributed by atoms with E-state index in [-0.39, 0.29) is 23.7 Å². The van der Waals surface area contributed by atoms with Crippen LogP contribution >= 0.6 is 15.9 Å². The molecule has 0 aliphatic heterocycles. The van der Waals surface area contributed by atoms with Gasteiger partial charge in [0, 0.05) is 26.2 Å². The summed E-state index contributed by atoms with van der Waals surface area (Å²) in [6.45, 7) is 2.26. The molecule has 2 aromatic rings. The number of halogens is 1. The normalized spacial score (nSPS) is 10.6. The summed E-state index contributed by atoms with van der Waals surface area (Å²) in [6.07, 6.45) is 3.28. The Morgan fingerprint density at radius 2 is 2.19 bits per heavy atom. The Bertz CT molecular complexity index is 672. The highest BCUT2D eigenvalue weighted by Gasteiger charge is 2.17. The van der Waals surface area contributed by atoms with Gasteiger partial charge in [-0.05, 0) is 22.9 Å². The number of carbonyl (C=O) groups is 2. The molecule has 21 heavy (non-hydrogen) atoms. The monoisotopic (exact) mass is 355 g/mol. The van der Waals surface area contributed by atoms with E-state index < -0.39 is 5.97 Å². The van der Waals surface area contributed by atoms with Gasteiger partial charge in [-0.1, -0.05) is 0 Å². The van der Waals surface area contributed by atoms with Crippen LogP contribution in [-0.2, 0) is 18.4 Å². The van der Waals surface area contributed by atoms with E-state index in [1.165, 1.54) is 17.9 Å². The molecular formula is C12H14BrN5O3. The molecular weight excluding hydrogens is 342 g/mol. The summed E-state index contributed by atoms with van der Waals surface area (Å²) >= 11 is 3.34. The van der Waals surface area contributed by atoms with Gasteiger partial charge in [-0.25, -0.2) is 4.79 Å². The van der Waals surface area contributed by atoms with E-state index in [4.69, 9.17) is 5.11 Å². The number of aromatic nitrogens is 4. The summed E-state index contributed by atoms with van der Waals surface area (Å²) in [5.41, 5.74) is 0.977. The summed E-state index contributed by atoms with van der Waals surface area (Å²) in [5.74, 6) is -1.44. The second-order valence-corrected chi connectivity index (χ2v) is 5.31. The summed E-state index contributed by atoms with van der Waals surface area (Å²) in [4.78, 5) is 22.9. The average Bonchev–Trinajstić information content (AvgIpc) is 2.91. The van der Waals surface area contributed by atoms with E-state index in [0.717, 1.165) is 10.2 Å². The first-order valence-electron chi connectivity index (χ1n) is 6.13. The van der Waals surface area contributed by atoms with Gasteiger partial charge >= 0.3 is 5.97 Å². The quantitative estimate of drug-likeness (QED) is 0.844. The van der Waals surface area contributed by atoms with Gasteiger partial charge < -0.3 is 10.4 Å². The molecule has 0 saturated heterocycles. The van der Waals surface area contributed by atoms with E-state index in [1.54, 1.807) is 10.9 Å². The van der Waals surface area contributed by atoms with Crippen LogP contribution in [0.25, 0.3) is 0 Å². The van der Waals surface area contributed by atoms with E-state index in [1.807, 2.05) is 6.92 Å². The maximum absolute atomic E-state index is 11.9. The van der Waals surface area contributed by atoms with Crippen LogP contribution < -0.4 is 5.32 Å². The van der Waals surface area contributed by atoms with Crippen molar-refractivity contribution in [3.05, 3.63) is 28.3 Å². The highest BCUT2D eigenvalue weighted by atomic mass is 79.9. The van der Waals surface area contributed by atoms with Crippen LogP contribution in [0, 0.1) is 6.92 Å². The zero-order valence-electron chi connectivity index (χ0n) is 11.5. The van der Waals surface area contributed by atoms with E-state index in [0.29, 0.717) is 6.54 Å². The summed E-state index contributed by atoms with van der Waals surface area (Å²) in [6, 6.07) is 0. The zero-order valence-corrected chi connectivity index (χ0v) is 13.1. The van der Waals surface area contributed by atoms with Crippen LogP contribution in [-0.4, -0.2) is 36.5 Å². The molecule has 0 aliphatic rings. The number of amides is 1. The Balaban J connectivity index is 1.97. The number of nitrogens with zero attached hydrogens (tertiary/aromatic N) is 4. The fourth-order valence-electron chi connectivity index (χ4n) is 1.82. The Morgan fingerprint density at radius 3 is 2.76 bits per heavy atom. The maximum Gasteiger partial charge on any atom is 0.356 e. The summed E-state index contributed by atoms with van der Waals surface area (Å²) in [7, 11) is 1.50. The van der Waals surface area contributed by atoms with Crippen molar-refractivity contribution < 1.29 is 14.7 Å². The van der Waals surface area contributed by atoms with Crippen molar-refractivity contribution in [2.24, 2.45) is 7.05 Å². The van der Waals surface area contributed by atoms with Crippen LogP contribution in [0.1, 0.15) is 22.6 Å². The number of carbonyl (C=O) groups excluding carboxylic acids is 1. The van der Waals surface area contributed by atoms with E-state index >= 15 is 0 Å². The highest BCUT2D eigenvalue weighted by Crippen LogP contribution is 2.15. The number of carboxylic acid groups (broad SMARTS) is 1. The first-order chi connectivity index (χ1) is 9.88. The fourth-order valence-corrected chi connectivity index (χ4v) is 2.14. The van der Waals surface area contributed by atoms with Gasteiger partial charge in [0.25, 0.3) is 0 Å². The standard InChI is InChI=1S/C12H14BrN5O3/c1-7-8(13)6-18(16-7)4-3-10(19)15-9-5-14-17(2)11(9)12(20)21/h5-6H,3-4H2,1-2H3,(H,15,19)(H,20,21). The minimum absolute atomic E-state index is 0.0546. The predicted molar refractivity (Wildman–Crippen MR) is 78.1 cm³/mol. The van der Waals surface area contributed by atoms with Gasteiger partial charge in [0.1, 0.15) is 0 Å². The second-order valence-electron chi connectivity index (χ2n) is 4.46. The highest BCUT2D eigenvalue weighted by molar-refractivity contribution is 9.10. The van der Waals surface area contributed by atoms with Crippen molar-refractivity contribution in [2.45, 2.75) is 19.9 Å². The SMILES string of the molecule is Cc1nn(CCC(=O)Nc2cnn(C)c2C(=O)O)cc1Br. The topological polar surface area (TPSA) is 102 Å². The van der Waals surface area contributed by atoms with Crippen LogP contribution in [0.15, 0.2) is 16.9 Å². The summed E-state index contributed by atoms with van der Waals surface area (Å²) in [5, 5.41) is 19.6. The molecule has 9 heteroatoms. The Morgan fingerprint density at radius 1 is 1.48 bits per heavy atom. The van der Waals surface area contributed by atoms with E-state index in [9.17, 15) is 9.59 Å². The average molecular weight is 356 g/mol. The third-order valence-electron chi connectivity index (χ3n) is 2.87. The van der Waals surface area contributed by atoms with Crippen molar-refractivity contribution >= 4 is 33.5 Å². The number of aromatic carboxylic acids is 1. The van der Waals surface area contributed by atoms with Crippen LogP contribution in [0.4, 0.5) is 5.69 Å². The molecule has 0 aromatic carbocycles. The Labute approximate surface area is 128 Å². The zero-order chi connectivity index (χ0) is 15.6. The van der Waals surface area contributed by atoms with Gasteiger partial charge in [-0.3, -0.25) is 14.2 Å². The molecule has 0 bridgehead atoms. The lowest BCUT2D eigenvalue weighted by atomic mass is 10.3. The van der Waals surface area contributed by atoms with Crippen molar-refractivity contribution in [2.75, 3.05) is 5.32 Å². The number of anilines is 1. The van der Waals surface area contributed by atoms with Gasteiger partial charge in [0.05, 0.1) is 22.1 Å².